The summed E-state index contributed by atoms with van der Waals surface area (Å²) in [6, 6.07) is 10.9. The van der Waals surface area contributed by atoms with Crippen LogP contribution in [0.1, 0.15) is 59.6 Å². The molecule has 16 nitrogen and oxygen atoms in total. The molecule has 0 atom stereocenters. The Kier molecular flexibility index (Phi) is 16.2. The van der Waals surface area contributed by atoms with E-state index in [4.69, 9.17) is 44.3 Å². The summed E-state index contributed by atoms with van der Waals surface area (Å²) in [6.45, 7) is 21.9. The Balaban J connectivity index is 0.000000196. The van der Waals surface area contributed by atoms with Crippen molar-refractivity contribution in [1.29, 1.82) is 0 Å². The van der Waals surface area contributed by atoms with Crippen LogP contribution in [-0.2, 0) is 14.4 Å². The van der Waals surface area contributed by atoms with E-state index in [0.717, 1.165) is 72.4 Å². The van der Waals surface area contributed by atoms with Crippen molar-refractivity contribution in [2.75, 3.05) is 75.2 Å². The maximum Gasteiger partial charge on any atom is 0.300 e. The lowest BCUT2D eigenvalue weighted by Gasteiger charge is -2.35. The molecular formula is C44H54N10O6S4. The normalized spacial score (nSPS) is 18.8. The predicted octanol–water partition coefficient (Wildman–Crippen LogP) is 4.98. The van der Waals surface area contributed by atoms with Gasteiger partial charge in [0.2, 0.25) is 0 Å². The molecule has 4 aliphatic heterocycles. The summed E-state index contributed by atoms with van der Waals surface area (Å²) in [6.07, 6.45) is 6.77. The molecule has 4 saturated heterocycles. The number of nitrogens with zero attached hydrogens (tertiary/aromatic N) is 10. The Hall–Kier alpha value is -4.99. The lowest BCUT2D eigenvalue weighted by atomic mass is 10.2. The monoisotopic (exact) mass is 946 g/mol. The van der Waals surface area contributed by atoms with Crippen molar-refractivity contribution >= 4 is 109 Å². The van der Waals surface area contributed by atoms with Gasteiger partial charge >= 0.3 is 0 Å². The number of hydrogen-bond donors (Lipinski definition) is 1. The number of thioether (sulfide) groups is 2. The van der Waals surface area contributed by atoms with Crippen LogP contribution in [0.3, 0.4) is 0 Å². The minimum Gasteiger partial charge on any atom is -0.481 e. The molecule has 4 aliphatic rings. The van der Waals surface area contributed by atoms with Gasteiger partial charge in [0.15, 0.2) is 0 Å². The van der Waals surface area contributed by atoms with Gasteiger partial charge in [-0.05, 0) is 77.2 Å². The van der Waals surface area contributed by atoms with E-state index in [1.807, 2.05) is 52.0 Å². The van der Waals surface area contributed by atoms with E-state index in [2.05, 4.69) is 33.4 Å². The molecule has 0 aromatic carbocycles. The van der Waals surface area contributed by atoms with Gasteiger partial charge in [-0.3, -0.25) is 42.6 Å². The number of anilines is 2. The molecule has 8 heterocycles. The largest absolute Gasteiger partial charge is 0.481 e. The van der Waals surface area contributed by atoms with Crippen molar-refractivity contribution in [2.24, 2.45) is 0 Å². The van der Waals surface area contributed by atoms with Gasteiger partial charge in [-0.25, -0.2) is 9.97 Å². The topological polar surface area (TPSA) is 160 Å². The highest BCUT2D eigenvalue weighted by Crippen LogP contribution is 2.36. The minimum atomic E-state index is -0.833. The molecule has 0 spiro atoms. The fraction of sp³-hybridized carbons (Fsp3) is 0.432. The van der Waals surface area contributed by atoms with E-state index >= 15 is 0 Å². The molecule has 8 rings (SSSR count). The fourth-order valence-electron chi connectivity index (χ4n) is 7.58. The lowest BCUT2D eigenvalue weighted by Crippen LogP contribution is -2.47. The molecule has 4 fully saturated rings. The van der Waals surface area contributed by atoms with Gasteiger partial charge < -0.3 is 24.7 Å². The standard InChI is InChI=1S/2C21H25N5O2S2.C2H4O2/c2*1-4-23-9-11-24(12-10-23)18-15(19(27)25-8-6-5-7-17(25)22-18)13-16-20(28)26(14(2)3)21(29)30-16;1-2(3)4/h2*5-8,13-14H,4,9-12H2,1-3H3;1H3,(H,3,4)/b2*16-13-;. The Bertz CT molecular complexity index is 2450. The second-order valence-corrected chi connectivity index (χ2v) is 19.2. The minimum absolute atomic E-state index is 0.0270. The van der Waals surface area contributed by atoms with E-state index in [9.17, 15) is 19.2 Å². The molecule has 0 saturated carbocycles. The number of rotatable bonds is 8. The molecule has 20 heteroatoms. The average molecular weight is 947 g/mol. The second-order valence-electron chi connectivity index (χ2n) is 15.8. The second kappa shape index (κ2) is 21.3. The van der Waals surface area contributed by atoms with Gasteiger partial charge in [0.25, 0.3) is 28.9 Å². The van der Waals surface area contributed by atoms with Crippen LogP contribution in [0.15, 0.2) is 68.2 Å². The first kappa shape index (κ1) is 48.5. The van der Waals surface area contributed by atoms with E-state index in [-0.39, 0.29) is 35.0 Å². The van der Waals surface area contributed by atoms with Crippen LogP contribution < -0.4 is 20.9 Å². The SMILES string of the molecule is CC(=O)O.CCN1CCN(c2nc3ccccn3c(=O)c2/C=C2\SC(=S)N(C(C)C)C2=O)CC1.CCN1CCN(c2nc3ccccn3c(=O)c2/C=C2\SC(=S)N(C(C)C)C2=O)CC1. The van der Waals surface area contributed by atoms with Crippen molar-refractivity contribution < 1.29 is 19.5 Å². The third kappa shape index (κ3) is 10.7. The summed E-state index contributed by atoms with van der Waals surface area (Å²) in [5.41, 5.74) is 1.72. The number of likely N-dealkylation sites (N-methyl/N-ethyl adjacent to an activating group) is 2. The van der Waals surface area contributed by atoms with Crippen molar-refractivity contribution in [1.82, 2.24) is 38.4 Å². The number of piperazine rings is 2. The Morgan fingerprint density at radius 3 is 1.30 bits per heavy atom. The van der Waals surface area contributed by atoms with Gasteiger partial charge in [-0.2, -0.15) is 0 Å². The predicted molar refractivity (Wildman–Crippen MR) is 265 cm³/mol. The highest BCUT2D eigenvalue weighted by atomic mass is 32.2. The van der Waals surface area contributed by atoms with Crippen molar-refractivity contribution in [2.45, 2.75) is 60.5 Å². The fourth-order valence-corrected chi connectivity index (χ4v) is 10.6. The molecule has 2 amide bonds. The Labute approximate surface area is 391 Å². The average Bonchev–Trinajstić information content (AvgIpc) is 3.73. The van der Waals surface area contributed by atoms with Crippen LogP contribution in [0.5, 0.6) is 0 Å². The van der Waals surface area contributed by atoms with Crippen LogP contribution in [-0.4, -0.2) is 147 Å². The molecule has 0 radical (unpaired) electrons. The summed E-state index contributed by atoms with van der Waals surface area (Å²) >= 11 is 13.3. The van der Waals surface area contributed by atoms with E-state index in [1.165, 1.54) is 32.3 Å². The molecule has 64 heavy (non-hydrogen) atoms. The number of amides is 2. The molecule has 0 bridgehead atoms. The number of carbonyl (C=O) groups is 3. The number of carboxylic acid groups (broad SMARTS) is 1. The molecular weight excluding hydrogens is 893 g/mol. The van der Waals surface area contributed by atoms with Crippen LogP contribution in [0, 0.1) is 0 Å². The summed E-state index contributed by atoms with van der Waals surface area (Å²) < 4.78 is 4.10. The highest BCUT2D eigenvalue weighted by Gasteiger charge is 2.36. The zero-order chi connectivity index (χ0) is 46.4. The molecule has 0 unspecified atom stereocenters. The number of aromatic nitrogens is 4. The Morgan fingerprint density at radius 2 is 1.00 bits per heavy atom. The quantitative estimate of drug-likeness (QED) is 0.186. The summed E-state index contributed by atoms with van der Waals surface area (Å²) in [4.78, 5) is 84.4. The maximum atomic E-state index is 13.4. The number of carbonyl (C=O) groups excluding carboxylic acids is 2. The van der Waals surface area contributed by atoms with Crippen LogP contribution in [0.2, 0.25) is 0 Å². The molecule has 340 valence electrons. The first-order chi connectivity index (χ1) is 30.5. The van der Waals surface area contributed by atoms with Crippen LogP contribution >= 0.6 is 48.0 Å². The first-order valence-corrected chi connectivity index (χ1v) is 23.7. The zero-order valence-electron chi connectivity index (χ0n) is 37.1. The molecule has 1 N–H and O–H groups in total. The van der Waals surface area contributed by atoms with E-state index in [1.54, 1.807) is 46.5 Å². The van der Waals surface area contributed by atoms with Crippen molar-refractivity contribution in [3.63, 3.8) is 0 Å². The first-order valence-electron chi connectivity index (χ1n) is 21.3. The van der Waals surface area contributed by atoms with Crippen molar-refractivity contribution in [3.05, 3.63) is 90.4 Å². The van der Waals surface area contributed by atoms with Gasteiger partial charge in [-0.15, -0.1) is 0 Å². The number of thiocarbonyl (C=S) groups is 2. The number of hydrogen-bond acceptors (Lipinski definition) is 15. The maximum absolute atomic E-state index is 13.4. The number of carboxylic acids is 1. The van der Waals surface area contributed by atoms with E-state index in [0.29, 0.717) is 52.5 Å². The zero-order valence-corrected chi connectivity index (χ0v) is 40.4. The van der Waals surface area contributed by atoms with Crippen LogP contribution in [0.25, 0.3) is 23.4 Å². The summed E-state index contributed by atoms with van der Waals surface area (Å²) in [5.74, 6) is 0.132. The number of fused-ring (bicyclic) bond motifs is 2. The molecule has 4 aromatic rings. The van der Waals surface area contributed by atoms with Crippen molar-refractivity contribution in [3.8, 4) is 0 Å². The number of aliphatic carboxylic acids is 1. The third-order valence-electron chi connectivity index (χ3n) is 11.0. The van der Waals surface area contributed by atoms with Gasteiger partial charge in [-0.1, -0.05) is 73.9 Å². The summed E-state index contributed by atoms with van der Waals surface area (Å²) in [7, 11) is 0. The molecule has 0 aliphatic carbocycles. The van der Waals surface area contributed by atoms with Crippen LogP contribution in [0.4, 0.5) is 11.6 Å². The number of pyridine rings is 2. The lowest BCUT2D eigenvalue weighted by molar-refractivity contribution is -0.134. The molecule has 4 aromatic heterocycles. The smallest absolute Gasteiger partial charge is 0.300 e. The Morgan fingerprint density at radius 1 is 0.656 bits per heavy atom. The highest BCUT2D eigenvalue weighted by molar-refractivity contribution is 8.27. The van der Waals surface area contributed by atoms with E-state index < -0.39 is 5.97 Å². The third-order valence-corrected chi connectivity index (χ3v) is 13.6. The summed E-state index contributed by atoms with van der Waals surface area (Å²) in [5, 5.41) is 7.42. The van der Waals surface area contributed by atoms with Gasteiger partial charge in [0.1, 0.15) is 31.6 Å². The van der Waals surface area contributed by atoms with Gasteiger partial charge in [0, 0.05) is 83.8 Å². The van der Waals surface area contributed by atoms with Gasteiger partial charge in [0.05, 0.1) is 20.9 Å².